The molecule has 1 aliphatic heterocycles. The third-order valence-corrected chi connectivity index (χ3v) is 6.33. The number of pyridine rings is 1. The maximum Gasteiger partial charge on any atom is 0.511 e. The maximum absolute atomic E-state index is 12.4. The Hall–Kier alpha value is -3.00. The van der Waals surface area contributed by atoms with Crippen molar-refractivity contribution in [1.82, 2.24) is 9.88 Å². The standard InChI is InChI=1S/C22H27N3O5/c1-12-4-5-13-10-14(25-9-8-15(11-25)24(2)3)6-7-16(13)18-17(12)19(26)20(21(27)23-18)30-22(28)29/h6-7,10,12,15H,4-5,8-9,11H2,1-3H3,(H,28,29)(H2,23,26,27). The number of nitrogens with zero attached hydrogens (tertiary/aromatic N) is 2. The molecule has 8 heteroatoms. The fourth-order valence-electron chi connectivity index (χ4n) is 4.60. The molecule has 0 amide bonds. The van der Waals surface area contributed by atoms with Crippen molar-refractivity contribution in [1.29, 1.82) is 0 Å². The highest BCUT2D eigenvalue weighted by atomic mass is 16.7. The highest BCUT2D eigenvalue weighted by Gasteiger charge is 2.29. The minimum Gasteiger partial charge on any atom is -0.504 e. The molecule has 3 N–H and O–H groups in total. The number of aryl methyl sites for hydroxylation is 1. The number of H-pyrrole nitrogens is 1. The number of carboxylic acid groups (broad SMARTS) is 1. The molecule has 2 unspecified atom stereocenters. The van der Waals surface area contributed by atoms with Gasteiger partial charge in [-0.25, -0.2) is 4.79 Å². The summed E-state index contributed by atoms with van der Waals surface area (Å²) in [5.74, 6) is -1.04. The molecule has 2 atom stereocenters. The topological polar surface area (TPSA) is 106 Å². The fraction of sp³-hybridized carbons (Fsp3) is 0.455. The molecule has 2 aromatic rings. The SMILES string of the molecule is CC1CCc2cc(N3CCC(N(C)C)C3)ccc2-c2[nH]c(=O)c(OC(=O)O)c(O)c21. The summed E-state index contributed by atoms with van der Waals surface area (Å²) in [5.41, 5.74) is 3.42. The maximum atomic E-state index is 12.4. The van der Waals surface area contributed by atoms with Crippen LogP contribution in [0.15, 0.2) is 23.0 Å². The summed E-state index contributed by atoms with van der Waals surface area (Å²) in [7, 11) is 4.21. The number of anilines is 1. The minimum absolute atomic E-state index is 0.0752. The van der Waals surface area contributed by atoms with Crippen LogP contribution in [-0.2, 0) is 6.42 Å². The van der Waals surface area contributed by atoms with Gasteiger partial charge in [-0.15, -0.1) is 0 Å². The Labute approximate surface area is 174 Å². The summed E-state index contributed by atoms with van der Waals surface area (Å²) in [6.45, 7) is 3.94. The molecule has 1 aliphatic carbocycles. The van der Waals surface area contributed by atoms with Gasteiger partial charge in [-0.2, -0.15) is 0 Å². The number of aromatic hydroxyl groups is 1. The summed E-state index contributed by atoms with van der Waals surface area (Å²) in [6, 6.07) is 6.74. The molecule has 0 spiro atoms. The lowest BCUT2D eigenvalue weighted by atomic mass is 9.95. The molecule has 0 bridgehead atoms. The first kappa shape index (κ1) is 20.3. The van der Waals surface area contributed by atoms with E-state index in [4.69, 9.17) is 5.11 Å². The van der Waals surface area contributed by atoms with E-state index in [2.05, 4.69) is 39.7 Å². The second kappa shape index (κ2) is 7.68. The van der Waals surface area contributed by atoms with Crippen molar-refractivity contribution in [2.75, 3.05) is 32.1 Å². The zero-order valence-electron chi connectivity index (χ0n) is 17.4. The van der Waals surface area contributed by atoms with Gasteiger partial charge in [-0.05, 0) is 57.0 Å². The van der Waals surface area contributed by atoms with Gasteiger partial charge in [0.15, 0.2) is 5.75 Å². The van der Waals surface area contributed by atoms with Gasteiger partial charge in [-0.1, -0.05) is 13.0 Å². The van der Waals surface area contributed by atoms with Crippen LogP contribution in [0.4, 0.5) is 10.5 Å². The van der Waals surface area contributed by atoms with Crippen LogP contribution in [-0.4, -0.2) is 59.5 Å². The molecule has 2 aliphatic rings. The number of aromatic nitrogens is 1. The highest BCUT2D eigenvalue weighted by molar-refractivity contribution is 5.76. The lowest BCUT2D eigenvalue weighted by Gasteiger charge is -2.23. The van der Waals surface area contributed by atoms with Crippen molar-refractivity contribution in [2.24, 2.45) is 0 Å². The number of hydrogen-bond donors (Lipinski definition) is 3. The van der Waals surface area contributed by atoms with Gasteiger partial charge >= 0.3 is 6.16 Å². The first-order valence-corrected chi connectivity index (χ1v) is 10.2. The molecule has 8 nitrogen and oxygen atoms in total. The number of ether oxygens (including phenoxy) is 1. The Morgan fingerprint density at radius 3 is 2.73 bits per heavy atom. The van der Waals surface area contributed by atoms with Crippen LogP contribution in [0.25, 0.3) is 11.3 Å². The lowest BCUT2D eigenvalue weighted by molar-refractivity contribution is 0.142. The third-order valence-electron chi connectivity index (χ3n) is 6.33. The largest absolute Gasteiger partial charge is 0.511 e. The number of benzene rings is 1. The van der Waals surface area contributed by atoms with E-state index in [0.29, 0.717) is 17.3 Å². The van der Waals surface area contributed by atoms with Gasteiger partial charge in [0.2, 0.25) is 5.75 Å². The van der Waals surface area contributed by atoms with E-state index in [1.165, 1.54) is 0 Å². The monoisotopic (exact) mass is 413 g/mol. The van der Waals surface area contributed by atoms with E-state index in [1.807, 2.05) is 19.1 Å². The van der Waals surface area contributed by atoms with Gasteiger partial charge < -0.3 is 29.7 Å². The summed E-state index contributed by atoms with van der Waals surface area (Å²) >= 11 is 0. The summed E-state index contributed by atoms with van der Waals surface area (Å²) in [6.07, 6.45) is 1.04. The number of carbonyl (C=O) groups is 1. The Morgan fingerprint density at radius 1 is 1.30 bits per heavy atom. The van der Waals surface area contributed by atoms with Gasteiger partial charge in [-0.3, -0.25) is 4.79 Å². The molecular weight excluding hydrogens is 386 g/mol. The highest BCUT2D eigenvalue weighted by Crippen LogP contribution is 2.44. The van der Waals surface area contributed by atoms with Crippen LogP contribution in [0.1, 0.15) is 36.8 Å². The van der Waals surface area contributed by atoms with Crippen molar-refractivity contribution in [3.05, 3.63) is 39.7 Å². The third kappa shape index (κ3) is 3.52. The zero-order chi connectivity index (χ0) is 21.6. The Kier molecular flexibility index (Phi) is 5.19. The number of hydrogen-bond acceptors (Lipinski definition) is 6. The molecule has 1 aromatic carbocycles. The van der Waals surface area contributed by atoms with Crippen molar-refractivity contribution >= 4 is 11.8 Å². The molecule has 4 rings (SSSR count). The predicted molar refractivity (Wildman–Crippen MR) is 114 cm³/mol. The Morgan fingerprint density at radius 2 is 2.07 bits per heavy atom. The zero-order valence-corrected chi connectivity index (χ0v) is 17.4. The average Bonchev–Trinajstić information content (AvgIpc) is 3.14. The van der Waals surface area contributed by atoms with E-state index in [9.17, 15) is 14.7 Å². The number of fused-ring (bicyclic) bond motifs is 3. The van der Waals surface area contributed by atoms with E-state index in [1.54, 1.807) is 0 Å². The molecule has 0 saturated carbocycles. The van der Waals surface area contributed by atoms with Crippen LogP contribution >= 0.6 is 0 Å². The van der Waals surface area contributed by atoms with Crippen LogP contribution in [0.3, 0.4) is 0 Å². The van der Waals surface area contributed by atoms with Crippen LogP contribution < -0.4 is 15.2 Å². The van der Waals surface area contributed by atoms with Crippen LogP contribution in [0.5, 0.6) is 11.5 Å². The molecular formula is C22H27N3O5. The quantitative estimate of drug-likeness (QED) is 0.664. The predicted octanol–water partition coefficient (Wildman–Crippen LogP) is 2.99. The first-order chi connectivity index (χ1) is 14.3. The number of aromatic amines is 1. The number of rotatable bonds is 3. The van der Waals surface area contributed by atoms with Gasteiger partial charge in [0, 0.05) is 35.9 Å². The summed E-state index contributed by atoms with van der Waals surface area (Å²) in [4.78, 5) is 30.7. The number of nitrogens with one attached hydrogen (secondary N) is 1. The molecule has 1 aromatic heterocycles. The summed E-state index contributed by atoms with van der Waals surface area (Å²) in [5, 5.41) is 19.6. The Balaban J connectivity index is 1.77. The van der Waals surface area contributed by atoms with Gasteiger partial charge in [0.25, 0.3) is 5.56 Å². The van der Waals surface area contributed by atoms with Crippen LogP contribution in [0.2, 0.25) is 0 Å². The van der Waals surface area contributed by atoms with Gasteiger partial charge in [0.1, 0.15) is 0 Å². The summed E-state index contributed by atoms with van der Waals surface area (Å²) < 4.78 is 4.55. The van der Waals surface area contributed by atoms with E-state index in [-0.39, 0.29) is 5.92 Å². The fourth-order valence-corrected chi connectivity index (χ4v) is 4.60. The van der Waals surface area contributed by atoms with Crippen molar-refractivity contribution in [2.45, 2.75) is 38.1 Å². The van der Waals surface area contributed by atoms with Crippen molar-refractivity contribution in [3.8, 4) is 22.8 Å². The molecule has 30 heavy (non-hydrogen) atoms. The first-order valence-electron chi connectivity index (χ1n) is 10.2. The molecule has 1 saturated heterocycles. The molecule has 2 heterocycles. The molecule has 1 fully saturated rings. The smallest absolute Gasteiger partial charge is 0.504 e. The van der Waals surface area contributed by atoms with Crippen molar-refractivity contribution in [3.63, 3.8) is 0 Å². The molecule has 160 valence electrons. The number of likely N-dealkylation sites (N-methyl/N-ethyl adjacent to an activating group) is 1. The van der Waals surface area contributed by atoms with Crippen molar-refractivity contribution < 1.29 is 19.7 Å². The molecule has 0 radical (unpaired) electrons. The van der Waals surface area contributed by atoms with Crippen LogP contribution in [0, 0.1) is 0 Å². The Bertz CT molecular complexity index is 1050. The average molecular weight is 413 g/mol. The van der Waals surface area contributed by atoms with E-state index >= 15 is 0 Å². The second-order valence-corrected chi connectivity index (χ2v) is 8.42. The minimum atomic E-state index is -1.64. The van der Waals surface area contributed by atoms with E-state index < -0.39 is 23.2 Å². The second-order valence-electron chi connectivity index (χ2n) is 8.42. The van der Waals surface area contributed by atoms with Gasteiger partial charge in [0.05, 0.1) is 5.69 Å². The normalized spacial score (nSPS) is 20.6. The van der Waals surface area contributed by atoms with E-state index in [0.717, 1.165) is 49.2 Å². The lowest BCUT2D eigenvalue weighted by Crippen LogP contribution is -2.31.